The molecule has 100 valence electrons. The van der Waals surface area contributed by atoms with Crippen LogP contribution in [-0.4, -0.2) is 11.5 Å². The van der Waals surface area contributed by atoms with Gasteiger partial charge in [0.1, 0.15) is 5.52 Å². The normalized spacial score (nSPS) is 14.5. The first-order valence-electron chi connectivity index (χ1n) is 6.83. The average Bonchev–Trinajstić information content (AvgIpc) is 2.89. The summed E-state index contributed by atoms with van der Waals surface area (Å²) in [6.07, 6.45) is 2.22. The van der Waals surface area contributed by atoms with Gasteiger partial charge in [-0.2, -0.15) is 4.98 Å². The topological polar surface area (TPSA) is 55.3 Å². The molecule has 1 aliphatic heterocycles. The summed E-state index contributed by atoms with van der Waals surface area (Å²) >= 11 is 0. The van der Waals surface area contributed by atoms with E-state index in [1.807, 2.05) is 18.2 Å². The van der Waals surface area contributed by atoms with E-state index >= 15 is 0 Å². The van der Waals surface area contributed by atoms with Crippen LogP contribution in [0.2, 0.25) is 0 Å². The average molecular weight is 265 g/mol. The lowest BCUT2D eigenvalue weighted by atomic mass is 10.0. The highest BCUT2D eigenvalue weighted by molar-refractivity contribution is 5.79. The van der Waals surface area contributed by atoms with E-state index < -0.39 is 0 Å². The number of rotatable bonds is 1. The molecular formula is C16H15N3O. The predicted octanol–water partition coefficient (Wildman–Crippen LogP) is 3.49. The summed E-state index contributed by atoms with van der Waals surface area (Å²) in [5, 5.41) is 0. The number of oxazole rings is 1. The number of benzene rings is 2. The molecule has 2 N–H and O–H groups in total. The summed E-state index contributed by atoms with van der Waals surface area (Å²) in [6.45, 7) is 0.930. The minimum Gasteiger partial charge on any atom is -0.423 e. The van der Waals surface area contributed by atoms with Crippen LogP contribution in [0.3, 0.4) is 0 Å². The molecule has 4 nitrogen and oxygen atoms in total. The molecule has 0 fully saturated rings. The number of nitrogens with two attached hydrogens (primary N) is 1. The third kappa shape index (κ3) is 1.72. The van der Waals surface area contributed by atoms with Crippen LogP contribution >= 0.6 is 0 Å². The molecule has 2 aromatic carbocycles. The fraction of sp³-hybridized carbons (Fsp3) is 0.188. The van der Waals surface area contributed by atoms with E-state index in [1.165, 1.54) is 11.3 Å². The van der Waals surface area contributed by atoms with Gasteiger partial charge in [-0.25, -0.2) is 0 Å². The molecular weight excluding hydrogens is 250 g/mol. The molecule has 0 bridgehead atoms. The highest BCUT2D eigenvalue weighted by Gasteiger charge is 2.21. The first kappa shape index (κ1) is 11.3. The third-order valence-corrected chi connectivity index (χ3v) is 3.74. The molecule has 4 rings (SSSR count). The number of fused-ring (bicyclic) bond motifs is 2. The lowest BCUT2D eigenvalue weighted by Gasteiger charge is -2.27. The smallest absolute Gasteiger partial charge is 0.302 e. The molecule has 4 heteroatoms. The SMILES string of the molecule is Nc1ccc2nc(N3CCCc4ccccc43)oc2c1. The largest absolute Gasteiger partial charge is 0.423 e. The molecule has 1 aromatic heterocycles. The molecule has 0 radical (unpaired) electrons. The number of aryl methyl sites for hydroxylation is 1. The fourth-order valence-electron chi connectivity index (χ4n) is 2.78. The second kappa shape index (κ2) is 4.27. The van der Waals surface area contributed by atoms with Crippen LogP contribution in [0, 0.1) is 0 Å². The zero-order valence-corrected chi connectivity index (χ0v) is 11.0. The molecule has 0 unspecified atom stereocenters. The van der Waals surface area contributed by atoms with E-state index in [4.69, 9.17) is 10.2 Å². The van der Waals surface area contributed by atoms with Crippen molar-refractivity contribution in [2.24, 2.45) is 0 Å². The van der Waals surface area contributed by atoms with Gasteiger partial charge in [-0.1, -0.05) is 18.2 Å². The van der Waals surface area contributed by atoms with E-state index in [0.29, 0.717) is 11.7 Å². The van der Waals surface area contributed by atoms with Gasteiger partial charge in [0.15, 0.2) is 5.58 Å². The summed E-state index contributed by atoms with van der Waals surface area (Å²) in [5.41, 5.74) is 10.6. The van der Waals surface area contributed by atoms with Crippen molar-refractivity contribution in [1.82, 2.24) is 4.98 Å². The molecule has 0 amide bonds. The van der Waals surface area contributed by atoms with E-state index in [1.54, 1.807) is 0 Å². The Morgan fingerprint density at radius 3 is 3.00 bits per heavy atom. The monoisotopic (exact) mass is 265 g/mol. The van der Waals surface area contributed by atoms with Crippen LogP contribution in [0.25, 0.3) is 11.1 Å². The number of hydrogen-bond donors (Lipinski definition) is 1. The predicted molar refractivity (Wildman–Crippen MR) is 80.2 cm³/mol. The first-order chi connectivity index (χ1) is 9.81. The van der Waals surface area contributed by atoms with Gasteiger partial charge in [0.25, 0.3) is 0 Å². The van der Waals surface area contributed by atoms with Crippen molar-refractivity contribution >= 4 is 28.5 Å². The second-order valence-corrected chi connectivity index (χ2v) is 5.11. The maximum atomic E-state index is 5.88. The van der Waals surface area contributed by atoms with E-state index in [2.05, 4.69) is 34.1 Å². The van der Waals surface area contributed by atoms with Crippen molar-refractivity contribution in [1.29, 1.82) is 0 Å². The summed E-state index contributed by atoms with van der Waals surface area (Å²) < 4.78 is 5.88. The summed E-state index contributed by atoms with van der Waals surface area (Å²) in [6, 6.07) is 14.6. The molecule has 20 heavy (non-hydrogen) atoms. The summed E-state index contributed by atoms with van der Waals surface area (Å²) in [5.74, 6) is 0. The molecule has 0 saturated carbocycles. The quantitative estimate of drug-likeness (QED) is 0.684. The molecule has 2 heterocycles. The van der Waals surface area contributed by atoms with Gasteiger partial charge in [-0.05, 0) is 36.6 Å². The van der Waals surface area contributed by atoms with E-state index in [-0.39, 0.29) is 0 Å². The Hall–Kier alpha value is -2.49. The zero-order valence-electron chi connectivity index (χ0n) is 11.0. The van der Waals surface area contributed by atoms with Crippen molar-refractivity contribution in [3.05, 3.63) is 48.0 Å². The van der Waals surface area contributed by atoms with Gasteiger partial charge < -0.3 is 10.2 Å². The molecule has 0 aliphatic carbocycles. The standard InChI is InChI=1S/C16H15N3O/c17-12-7-8-13-15(10-12)20-16(18-13)19-9-3-5-11-4-1-2-6-14(11)19/h1-2,4,6-8,10H,3,5,9,17H2. The molecule has 0 spiro atoms. The minimum atomic E-state index is 0.651. The Balaban J connectivity index is 1.84. The highest BCUT2D eigenvalue weighted by Crippen LogP contribution is 2.34. The van der Waals surface area contributed by atoms with Crippen molar-refractivity contribution < 1.29 is 4.42 Å². The number of para-hydroxylation sites is 1. The van der Waals surface area contributed by atoms with Crippen LogP contribution in [0.1, 0.15) is 12.0 Å². The van der Waals surface area contributed by atoms with Crippen LogP contribution in [0.5, 0.6) is 0 Å². The molecule has 0 saturated heterocycles. The summed E-state index contributed by atoms with van der Waals surface area (Å²) in [4.78, 5) is 6.73. The summed E-state index contributed by atoms with van der Waals surface area (Å²) in [7, 11) is 0. The lowest BCUT2D eigenvalue weighted by molar-refractivity contribution is 0.580. The van der Waals surface area contributed by atoms with Crippen molar-refractivity contribution in [3.63, 3.8) is 0 Å². The van der Waals surface area contributed by atoms with Gasteiger partial charge >= 0.3 is 6.01 Å². The zero-order chi connectivity index (χ0) is 13.5. The highest BCUT2D eigenvalue weighted by atomic mass is 16.4. The number of anilines is 3. The first-order valence-corrected chi connectivity index (χ1v) is 6.83. The van der Waals surface area contributed by atoms with Crippen LogP contribution < -0.4 is 10.6 Å². The maximum absolute atomic E-state index is 5.88. The number of hydrogen-bond acceptors (Lipinski definition) is 4. The Bertz CT molecular complexity index is 778. The maximum Gasteiger partial charge on any atom is 0.302 e. The van der Waals surface area contributed by atoms with Crippen LogP contribution in [0.15, 0.2) is 46.9 Å². The van der Waals surface area contributed by atoms with Crippen molar-refractivity contribution in [3.8, 4) is 0 Å². The van der Waals surface area contributed by atoms with Gasteiger partial charge in [0.05, 0.1) is 0 Å². The Morgan fingerprint density at radius 1 is 1.15 bits per heavy atom. The minimum absolute atomic E-state index is 0.651. The Labute approximate surface area is 116 Å². The van der Waals surface area contributed by atoms with E-state index in [0.717, 1.165) is 30.5 Å². The fourth-order valence-corrected chi connectivity index (χ4v) is 2.78. The van der Waals surface area contributed by atoms with Gasteiger partial charge in [0.2, 0.25) is 0 Å². The van der Waals surface area contributed by atoms with Gasteiger partial charge in [-0.3, -0.25) is 4.90 Å². The van der Waals surface area contributed by atoms with E-state index in [9.17, 15) is 0 Å². The van der Waals surface area contributed by atoms with Crippen LogP contribution in [0.4, 0.5) is 17.4 Å². The lowest BCUT2D eigenvalue weighted by Crippen LogP contribution is -2.24. The van der Waals surface area contributed by atoms with Crippen molar-refractivity contribution in [2.45, 2.75) is 12.8 Å². The van der Waals surface area contributed by atoms with Crippen molar-refractivity contribution in [2.75, 3.05) is 17.2 Å². The van der Waals surface area contributed by atoms with Gasteiger partial charge in [0, 0.05) is 24.0 Å². The second-order valence-electron chi connectivity index (χ2n) is 5.11. The number of nitrogens with zero attached hydrogens (tertiary/aromatic N) is 2. The Kier molecular flexibility index (Phi) is 2.42. The van der Waals surface area contributed by atoms with Gasteiger partial charge in [-0.15, -0.1) is 0 Å². The molecule has 1 aliphatic rings. The van der Waals surface area contributed by atoms with Crippen LogP contribution in [-0.2, 0) is 6.42 Å². The molecule has 0 atom stereocenters. The third-order valence-electron chi connectivity index (χ3n) is 3.74. The number of aromatic nitrogens is 1. The Morgan fingerprint density at radius 2 is 2.05 bits per heavy atom. The molecule has 3 aromatic rings. The number of nitrogen functional groups attached to an aromatic ring is 1.